The van der Waals surface area contributed by atoms with Crippen molar-refractivity contribution in [2.24, 2.45) is 0 Å². The molecule has 14 heavy (non-hydrogen) atoms. The zero-order valence-corrected chi connectivity index (χ0v) is 9.37. The first-order chi connectivity index (χ1) is 6.75. The molecule has 2 heteroatoms. The van der Waals surface area contributed by atoms with Crippen molar-refractivity contribution in [1.82, 2.24) is 10.2 Å². The fourth-order valence-electron chi connectivity index (χ4n) is 2.74. The molecular formula is C12H22N2. The minimum Gasteiger partial charge on any atom is -0.309 e. The van der Waals surface area contributed by atoms with Crippen LogP contribution in [0.5, 0.6) is 0 Å². The van der Waals surface area contributed by atoms with Gasteiger partial charge in [0.15, 0.2) is 0 Å². The second-order valence-electron chi connectivity index (χ2n) is 4.85. The molecule has 3 atom stereocenters. The Bertz CT molecular complexity index is 202. The molecule has 80 valence electrons. The lowest BCUT2D eigenvalue weighted by molar-refractivity contribution is 0.136. The standard InChI is InChI=1S/C12H22N2/c1-10-8-14(9-11(2)13-10)12-6-4-3-5-7-12/h4,6,10-13H,3,5,7-9H2,1-2H3. The molecule has 1 saturated heterocycles. The highest BCUT2D eigenvalue weighted by molar-refractivity contribution is 5.00. The summed E-state index contributed by atoms with van der Waals surface area (Å²) in [5.74, 6) is 0. The van der Waals surface area contributed by atoms with E-state index in [1.54, 1.807) is 0 Å². The van der Waals surface area contributed by atoms with E-state index in [0.29, 0.717) is 12.1 Å². The summed E-state index contributed by atoms with van der Waals surface area (Å²) >= 11 is 0. The Morgan fingerprint density at radius 2 is 1.93 bits per heavy atom. The van der Waals surface area contributed by atoms with E-state index in [-0.39, 0.29) is 0 Å². The average molecular weight is 194 g/mol. The number of hydrogen-bond acceptors (Lipinski definition) is 2. The molecular weight excluding hydrogens is 172 g/mol. The normalized spacial score (nSPS) is 40.0. The van der Waals surface area contributed by atoms with E-state index in [9.17, 15) is 0 Å². The molecule has 1 N–H and O–H groups in total. The van der Waals surface area contributed by atoms with Crippen molar-refractivity contribution < 1.29 is 0 Å². The summed E-state index contributed by atoms with van der Waals surface area (Å²) in [6.45, 7) is 6.99. The Morgan fingerprint density at radius 3 is 2.50 bits per heavy atom. The summed E-state index contributed by atoms with van der Waals surface area (Å²) < 4.78 is 0. The smallest absolute Gasteiger partial charge is 0.0279 e. The minimum absolute atomic E-state index is 0.647. The second kappa shape index (κ2) is 4.45. The lowest BCUT2D eigenvalue weighted by atomic mass is 9.99. The maximum Gasteiger partial charge on any atom is 0.0279 e. The van der Waals surface area contributed by atoms with Gasteiger partial charge in [-0.05, 0) is 33.1 Å². The minimum atomic E-state index is 0.647. The first kappa shape index (κ1) is 10.2. The van der Waals surface area contributed by atoms with Gasteiger partial charge in [-0.1, -0.05) is 12.2 Å². The number of piperazine rings is 1. The zero-order valence-electron chi connectivity index (χ0n) is 9.37. The monoisotopic (exact) mass is 194 g/mol. The predicted octanol–water partition coefficient (Wildman–Crippen LogP) is 1.78. The molecule has 2 aliphatic rings. The summed E-state index contributed by atoms with van der Waals surface area (Å²) in [5.41, 5.74) is 0. The third kappa shape index (κ3) is 2.37. The van der Waals surface area contributed by atoms with Crippen LogP contribution in [0.25, 0.3) is 0 Å². The van der Waals surface area contributed by atoms with Crippen molar-refractivity contribution in [3.8, 4) is 0 Å². The summed E-state index contributed by atoms with van der Waals surface area (Å²) in [6, 6.07) is 2.01. The lowest BCUT2D eigenvalue weighted by Crippen LogP contribution is -2.56. The van der Waals surface area contributed by atoms with Crippen molar-refractivity contribution in [2.75, 3.05) is 13.1 Å². The van der Waals surface area contributed by atoms with E-state index in [4.69, 9.17) is 0 Å². The number of rotatable bonds is 1. The molecule has 2 rings (SSSR count). The molecule has 0 saturated carbocycles. The molecule has 0 amide bonds. The Morgan fingerprint density at radius 1 is 1.21 bits per heavy atom. The van der Waals surface area contributed by atoms with Crippen LogP contribution in [0.4, 0.5) is 0 Å². The van der Waals surface area contributed by atoms with Gasteiger partial charge < -0.3 is 5.32 Å². The summed E-state index contributed by atoms with van der Waals surface area (Å²) in [4.78, 5) is 2.64. The SMILES string of the molecule is CC1CN(C2C=CCCC2)CC(C)N1. The van der Waals surface area contributed by atoms with Crippen LogP contribution in [0.1, 0.15) is 33.1 Å². The molecule has 1 fully saturated rings. The highest BCUT2D eigenvalue weighted by Crippen LogP contribution is 2.18. The molecule has 0 spiro atoms. The van der Waals surface area contributed by atoms with E-state index < -0.39 is 0 Å². The van der Waals surface area contributed by atoms with Gasteiger partial charge in [-0.25, -0.2) is 0 Å². The van der Waals surface area contributed by atoms with Crippen LogP contribution in [-0.4, -0.2) is 36.1 Å². The quantitative estimate of drug-likeness (QED) is 0.640. The third-order valence-corrected chi connectivity index (χ3v) is 3.28. The van der Waals surface area contributed by atoms with Gasteiger partial charge in [0.05, 0.1) is 0 Å². The fourth-order valence-corrected chi connectivity index (χ4v) is 2.74. The molecule has 0 aromatic rings. The van der Waals surface area contributed by atoms with Crippen LogP contribution in [0.2, 0.25) is 0 Å². The van der Waals surface area contributed by atoms with E-state index in [0.717, 1.165) is 6.04 Å². The van der Waals surface area contributed by atoms with E-state index in [1.165, 1.54) is 32.4 Å². The van der Waals surface area contributed by atoms with Crippen LogP contribution in [0.3, 0.4) is 0 Å². The molecule has 1 aliphatic heterocycles. The average Bonchev–Trinajstić information content (AvgIpc) is 2.18. The molecule has 3 unspecified atom stereocenters. The van der Waals surface area contributed by atoms with Gasteiger partial charge in [-0.15, -0.1) is 0 Å². The highest BCUT2D eigenvalue weighted by atomic mass is 15.2. The van der Waals surface area contributed by atoms with Crippen LogP contribution >= 0.6 is 0 Å². The predicted molar refractivity (Wildman–Crippen MR) is 60.4 cm³/mol. The maximum atomic E-state index is 3.58. The van der Waals surface area contributed by atoms with E-state index in [2.05, 4.69) is 36.2 Å². The van der Waals surface area contributed by atoms with Crippen molar-refractivity contribution >= 4 is 0 Å². The lowest BCUT2D eigenvalue weighted by Gasteiger charge is -2.40. The van der Waals surface area contributed by atoms with Gasteiger partial charge >= 0.3 is 0 Å². The molecule has 0 radical (unpaired) electrons. The third-order valence-electron chi connectivity index (χ3n) is 3.28. The Kier molecular flexibility index (Phi) is 3.24. The summed E-state index contributed by atoms with van der Waals surface area (Å²) in [7, 11) is 0. The van der Waals surface area contributed by atoms with Gasteiger partial charge in [-0.2, -0.15) is 0 Å². The van der Waals surface area contributed by atoms with Crippen molar-refractivity contribution in [3.63, 3.8) is 0 Å². The number of allylic oxidation sites excluding steroid dienone is 1. The molecule has 0 bridgehead atoms. The van der Waals surface area contributed by atoms with Gasteiger partial charge in [-0.3, -0.25) is 4.90 Å². The molecule has 0 aromatic heterocycles. The van der Waals surface area contributed by atoms with E-state index in [1.807, 2.05) is 0 Å². The number of nitrogens with one attached hydrogen (secondary N) is 1. The summed E-state index contributed by atoms with van der Waals surface area (Å²) in [6.07, 6.45) is 8.78. The largest absolute Gasteiger partial charge is 0.309 e. The zero-order chi connectivity index (χ0) is 9.97. The van der Waals surface area contributed by atoms with Crippen LogP contribution < -0.4 is 5.32 Å². The molecule has 2 nitrogen and oxygen atoms in total. The molecule has 1 heterocycles. The van der Waals surface area contributed by atoms with Crippen molar-refractivity contribution in [3.05, 3.63) is 12.2 Å². The van der Waals surface area contributed by atoms with Gasteiger partial charge in [0, 0.05) is 31.2 Å². The highest BCUT2D eigenvalue weighted by Gasteiger charge is 2.25. The number of nitrogens with zero attached hydrogens (tertiary/aromatic N) is 1. The van der Waals surface area contributed by atoms with Gasteiger partial charge in [0.1, 0.15) is 0 Å². The number of hydrogen-bond donors (Lipinski definition) is 1. The van der Waals surface area contributed by atoms with E-state index >= 15 is 0 Å². The van der Waals surface area contributed by atoms with Gasteiger partial charge in [0.2, 0.25) is 0 Å². The first-order valence-corrected chi connectivity index (χ1v) is 5.92. The second-order valence-corrected chi connectivity index (χ2v) is 4.85. The Labute approximate surface area is 87.4 Å². The molecule has 1 aliphatic carbocycles. The summed E-state index contributed by atoms with van der Waals surface area (Å²) in [5, 5.41) is 3.58. The topological polar surface area (TPSA) is 15.3 Å². The maximum absolute atomic E-state index is 3.58. The Balaban J connectivity index is 1.95. The fraction of sp³-hybridized carbons (Fsp3) is 0.833. The van der Waals surface area contributed by atoms with Crippen LogP contribution in [-0.2, 0) is 0 Å². The van der Waals surface area contributed by atoms with Crippen LogP contribution in [0, 0.1) is 0 Å². The Hall–Kier alpha value is -0.340. The first-order valence-electron chi connectivity index (χ1n) is 5.92. The van der Waals surface area contributed by atoms with Crippen molar-refractivity contribution in [2.45, 2.75) is 51.2 Å². The molecule has 0 aromatic carbocycles. The van der Waals surface area contributed by atoms with Crippen LogP contribution in [0.15, 0.2) is 12.2 Å². The van der Waals surface area contributed by atoms with Gasteiger partial charge in [0.25, 0.3) is 0 Å². The van der Waals surface area contributed by atoms with Crippen molar-refractivity contribution in [1.29, 1.82) is 0 Å².